The molecule has 0 aliphatic carbocycles. The number of carbonyl (C=O) groups excluding carboxylic acids is 1. The highest BCUT2D eigenvalue weighted by Crippen LogP contribution is 2.48. The fraction of sp³-hybridized carbons (Fsp3) is 0.118. The SMILES string of the molecule is CCOC(=O)c1cc2cc3c(cc2[nH]1)Oc1ccccc1S3. The Balaban J connectivity index is 1.77. The summed E-state index contributed by atoms with van der Waals surface area (Å²) in [6.07, 6.45) is 0. The fourth-order valence-corrected chi connectivity index (χ4v) is 3.45. The number of H-pyrrole nitrogens is 1. The Kier molecular flexibility index (Phi) is 3.08. The van der Waals surface area contributed by atoms with Crippen LogP contribution in [0.5, 0.6) is 11.5 Å². The summed E-state index contributed by atoms with van der Waals surface area (Å²) in [4.78, 5) is 17.0. The van der Waals surface area contributed by atoms with Crippen molar-refractivity contribution in [2.45, 2.75) is 16.7 Å². The van der Waals surface area contributed by atoms with E-state index in [4.69, 9.17) is 9.47 Å². The normalized spacial score (nSPS) is 12.4. The number of aromatic nitrogens is 1. The molecule has 0 saturated heterocycles. The van der Waals surface area contributed by atoms with Crippen LogP contribution in [0.2, 0.25) is 0 Å². The molecule has 1 N–H and O–H groups in total. The number of para-hydroxylation sites is 1. The molecule has 2 heterocycles. The van der Waals surface area contributed by atoms with Crippen molar-refractivity contribution in [2.75, 3.05) is 6.61 Å². The van der Waals surface area contributed by atoms with E-state index in [1.807, 2.05) is 42.5 Å². The smallest absolute Gasteiger partial charge is 0.354 e. The molecule has 0 fully saturated rings. The predicted octanol–water partition coefficient (Wildman–Crippen LogP) is 4.60. The zero-order chi connectivity index (χ0) is 15.1. The van der Waals surface area contributed by atoms with Crippen LogP contribution in [0.3, 0.4) is 0 Å². The van der Waals surface area contributed by atoms with E-state index in [1.165, 1.54) is 0 Å². The van der Waals surface area contributed by atoms with Crippen molar-refractivity contribution < 1.29 is 14.3 Å². The van der Waals surface area contributed by atoms with Gasteiger partial charge < -0.3 is 14.5 Å². The van der Waals surface area contributed by atoms with Gasteiger partial charge in [0, 0.05) is 17.0 Å². The lowest BCUT2D eigenvalue weighted by Crippen LogP contribution is -2.04. The minimum Gasteiger partial charge on any atom is -0.461 e. The molecule has 0 spiro atoms. The van der Waals surface area contributed by atoms with Crippen LogP contribution in [-0.2, 0) is 4.74 Å². The van der Waals surface area contributed by atoms with Crippen molar-refractivity contribution in [3.8, 4) is 11.5 Å². The molecule has 1 aliphatic rings. The lowest BCUT2D eigenvalue weighted by atomic mass is 10.2. The number of ether oxygens (including phenoxy) is 2. The minimum absolute atomic E-state index is 0.339. The Morgan fingerprint density at radius 3 is 2.91 bits per heavy atom. The maximum atomic E-state index is 11.8. The first-order valence-electron chi connectivity index (χ1n) is 7.03. The van der Waals surface area contributed by atoms with E-state index in [9.17, 15) is 4.79 Å². The van der Waals surface area contributed by atoms with Crippen LogP contribution in [-0.4, -0.2) is 17.6 Å². The number of fused-ring (bicyclic) bond motifs is 3. The minimum atomic E-state index is -0.339. The summed E-state index contributed by atoms with van der Waals surface area (Å²) >= 11 is 1.67. The second-order valence-electron chi connectivity index (χ2n) is 4.94. The van der Waals surface area contributed by atoms with Gasteiger partial charge >= 0.3 is 5.97 Å². The van der Waals surface area contributed by atoms with Gasteiger partial charge in [0.15, 0.2) is 0 Å². The molecular weight excluding hydrogens is 298 g/mol. The first-order valence-corrected chi connectivity index (χ1v) is 7.85. The van der Waals surface area contributed by atoms with Crippen LogP contribution in [0.4, 0.5) is 0 Å². The largest absolute Gasteiger partial charge is 0.461 e. The van der Waals surface area contributed by atoms with E-state index < -0.39 is 0 Å². The van der Waals surface area contributed by atoms with Crippen molar-refractivity contribution in [3.63, 3.8) is 0 Å². The monoisotopic (exact) mass is 311 g/mol. The summed E-state index contributed by atoms with van der Waals surface area (Å²) in [6, 6.07) is 13.7. The average Bonchev–Trinajstić information content (AvgIpc) is 2.93. The maximum Gasteiger partial charge on any atom is 0.354 e. The number of carbonyl (C=O) groups is 1. The first-order chi connectivity index (χ1) is 10.7. The molecule has 1 aromatic heterocycles. The van der Waals surface area contributed by atoms with E-state index in [2.05, 4.69) is 4.98 Å². The highest BCUT2D eigenvalue weighted by Gasteiger charge is 2.19. The molecule has 5 heteroatoms. The highest BCUT2D eigenvalue weighted by atomic mass is 32.2. The van der Waals surface area contributed by atoms with Gasteiger partial charge in [-0.1, -0.05) is 23.9 Å². The van der Waals surface area contributed by atoms with E-state index in [0.29, 0.717) is 12.3 Å². The third-order valence-electron chi connectivity index (χ3n) is 3.47. The van der Waals surface area contributed by atoms with Gasteiger partial charge in [-0.3, -0.25) is 0 Å². The molecule has 22 heavy (non-hydrogen) atoms. The Bertz CT molecular complexity index is 823. The van der Waals surface area contributed by atoms with Gasteiger partial charge in [0.1, 0.15) is 17.2 Å². The Hall–Kier alpha value is -2.40. The van der Waals surface area contributed by atoms with Gasteiger partial charge in [-0.25, -0.2) is 4.79 Å². The van der Waals surface area contributed by atoms with Crippen molar-refractivity contribution in [1.82, 2.24) is 4.98 Å². The van der Waals surface area contributed by atoms with Crippen LogP contribution >= 0.6 is 11.8 Å². The predicted molar refractivity (Wildman–Crippen MR) is 84.9 cm³/mol. The van der Waals surface area contributed by atoms with Crippen molar-refractivity contribution in [2.24, 2.45) is 0 Å². The topological polar surface area (TPSA) is 51.3 Å². The number of esters is 1. The molecule has 0 saturated carbocycles. The quantitative estimate of drug-likeness (QED) is 0.550. The van der Waals surface area contributed by atoms with E-state index in [1.54, 1.807) is 18.7 Å². The number of rotatable bonds is 2. The molecule has 0 bridgehead atoms. The average molecular weight is 311 g/mol. The standard InChI is InChI=1S/C17H13NO3S/c1-2-20-17(19)12-7-10-8-16-14(9-11(10)18-12)21-13-5-3-4-6-15(13)22-16/h3-9,18H,2H2,1H3. The van der Waals surface area contributed by atoms with Crippen LogP contribution in [0.15, 0.2) is 52.3 Å². The molecule has 0 amide bonds. The number of hydrogen-bond donors (Lipinski definition) is 1. The Morgan fingerprint density at radius 1 is 1.18 bits per heavy atom. The van der Waals surface area contributed by atoms with Crippen LogP contribution in [0.1, 0.15) is 17.4 Å². The van der Waals surface area contributed by atoms with Crippen LogP contribution in [0, 0.1) is 0 Å². The molecule has 0 unspecified atom stereocenters. The molecule has 3 aromatic rings. The second kappa shape index (κ2) is 5.10. The number of hydrogen-bond acceptors (Lipinski definition) is 4. The molecule has 4 nitrogen and oxygen atoms in total. The Morgan fingerprint density at radius 2 is 2.05 bits per heavy atom. The third-order valence-corrected chi connectivity index (χ3v) is 4.57. The molecule has 0 radical (unpaired) electrons. The van der Waals surface area contributed by atoms with Gasteiger partial charge in [0.2, 0.25) is 0 Å². The van der Waals surface area contributed by atoms with Crippen molar-refractivity contribution in [1.29, 1.82) is 0 Å². The number of benzene rings is 2. The maximum absolute atomic E-state index is 11.8. The summed E-state index contributed by atoms with van der Waals surface area (Å²) in [5.74, 6) is 1.32. The van der Waals surface area contributed by atoms with Crippen LogP contribution in [0.25, 0.3) is 10.9 Å². The van der Waals surface area contributed by atoms with Crippen molar-refractivity contribution in [3.05, 3.63) is 48.2 Å². The second-order valence-corrected chi connectivity index (χ2v) is 6.02. The Labute approximate surface area is 131 Å². The van der Waals surface area contributed by atoms with E-state index >= 15 is 0 Å². The molecule has 1 aliphatic heterocycles. The molecule has 0 atom stereocenters. The van der Waals surface area contributed by atoms with E-state index in [0.717, 1.165) is 32.2 Å². The molecule has 2 aromatic carbocycles. The summed E-state index contributed by atoms with van der Waals surface area (Å²) in [6.45, 7) is 2.15. The summed E-state index contributed by atoms with van der Waals surface area (Å²) in [5.41, 5.74) is 1.32. The van der Waals surface area contributed by atoms with Gasteiger partial charge in [-0.05, 0) is 31.2 Å². The first kappa shape index (κ1) is 13.3. The summed E-state index contributed by atoms with van der Waals surface area (Å²) in [5, 5.41) is 0.970. The molecule has 4 rings (SSSR count). The third kappa shape index (κ3) is 2.14. The number of nitrogens with one attached hydrogen (secondary N) is 1. The fourth-order valence-electron chi connectivity index (χ4n) is 2.47. The highest BCUT2D eigenvalue weighted by molar-refractivity contribution is 7.99. The van der Waals surface area contributed by atoms with Gasteiger partial charge in [-0.2, -0.15) is 0 Å². The molecule has 110 valence electrons. The zero-order valence-electron chi connectivity index (χ0n) is 11.9. The van der Waals surface area contributed by atoms with E-state index in [-0.39, 0.29) is 5.97 Å². The van der Waals surface area contributed by atoms with Gasteiger partial charge in [0.05, 0.1) is 16.4 Å². The summed E-state index contributed by atoms with van der Waals surface area (Å²) < 4.78 is 11.0. The van der Waals surface area contributed by atoms with Gasteiger partial charge in [0.25, 0.3) is 0 Å². The number of aromatic amines is 1. The lowest BCUT2D eigenvalue weighted by molar-refractivity contribution is 0.0520. The summed E-state index contributed by atoms with van der Waals surface area (Å²) in [7, 11) is 0. The zero-order valence-corrected chi connectivity index (χ0v) is 12.7. The lowest BCUT2D eigenvalue weighted by Gasteiger charge is -2.19. The van der Waals surface area contributed by atoms with Crippen molar-refractivity contribution >= 4 is 28.6 Å². The van der Waals surface area contributed by atoms with Gasteiger partial charge in [-0.15, -0.1) is 0 Å². The molecular formula is C17H13NO3S. The van der Waals surface area contributed by atoms with Crippen LogP contribution < -0.4 is 4.74 Å².